The fraction of sp³-hybridized carbons (Fsp3) is 0.250. The van der Waals surface area contributed by atoms with Gasteiger partial charge in [-0.15, -0.1) is 0 Å². The number of nitrogens with zero attached hydrogens (tertiary/aromatic N) is 3. The molecule has 1 fully saturated rings. The monoisotopic (exact) mass is 484 g/mol. The minimum atomic E-state index is -0.474. The molecule has 0 aliphatic carbocycles. The minimum absolute atomic E-state index is 0.120. The number of aromatic nitrogens is 2. The van der Waals surface area contributed by atoms with E-state index in [2.05, 4.69) is 9.88 Å². The van der Waals surface area contributed by atoms with E-state index in [-0.39, 0.29) is 18.0 Å². The van der Waals surface area contributed by atoms with Crippen molar-refractivity contribution in [3.8, 4) is 5.75 Å². The van der Waals surface area contributed by atoms with E-state index in [1.807, 2.05) is 54.6 Å². The van der Waals surface area contributed by atoms with E-state index in [1.165, 1.54) is 4.57 Å². The number of piperazine rings is 1. The number of hydrogen-bond acceptors (Lipinski definition) is 5. The second-order valence-corrected chi connectivity index (χ2v) is 8.83. The molecule has 4 aromatic rings. The van der Waals surface area contributed by atoms with Gasteiger partial charge in [0, 0.05) is 38.3 Å². The van der Waals surface area contributed by atoms with E-state index >= 15 is 0 Å². The molecular weight excluding hydrogens is 456 g/mol. The molecule has 36 heavy (non-hydrogen) atoms. The fourth-order valence-corrected chi connectivity index (χ4v) is 4.70. The highest BCUT2D eigenvalue weighted by Gasteiger charge is 2.24. The van der Waals surface area contributed by atoms with Crippen molar-refractivity contribution < 1.29 is 9.53 Å². The lowest BCUT2D eigenvalue weighted by atomic mass is 10.1. The minimum Gasteiger partial charge on any atom is -0.495 e. The molecule has 1 amide bonds. The van der Waals surface area contributed by atoms with E-state index in [9.17, 15) is 14.4 Å². The Bertz CT molecular complexity index is 1500. The molecule has 3 aromatic carbocycles. The van der Waals surface area contributed by atoms with Crippen molar-refractivity contribution in [2.45, 2.75) is 13.0 Å². The predicted molar refractivity (Wildman–Crippen MR) is 140 cm³/mol. The van der Waals surface area contributed by atoms with Gasteiger partial charge in [0.05, 0.1) is 23.7 Å². The zero-order valence-corrected chi connectivity index (χ0v) is 20.1. The van der Waals surface area contributed by atoms with Gasteiger partial charge in [-0.1, -0.05) is 42.5 Å². The summed E-state index contributed by atoms with van der Waals surface area (Å²) in [7, 11) is 1.65. The van der Waals surface area contributed by atoms with Gasteiger partial charge in [-0.25, -0.2) is 4.79 Å². The molecule has 1 aliphatic heterocycles. The molecule has 0 saturated carbocycles. The number of fused-ring (bicyclic) bond motifs is 1. The second-order valence-electron chi connectivity index (χ2n) is 8.83. The van der Waals surface area contributed by atoms with Gasteiger partial charge in [-0.2, -0.15) is 0 Å². The standard InChI is InChI=1S/C28H28N4O4/c1-36-25-10-6-5-9-24(25)30-15-17-31(18-16-30)26(33)21-11-12-22-23(19-21)29-28(35)32(27(22)34)14-13-20-7-3-2-4-8-20/h2-12,19H,13-18H2,1H3,(H,29,35). The third-order valence-electron chi connectivity index (χ3n) is 6.69. The zero-order valence-electron chi connectivity index (χ0n) is 20.1. The number of anilines is 1. The Morgan fingerprint density at radius 3 is 2.39 bits per heavy atom. The van der Waals surface area contributed by atoms with E-state index in [0.29, 0.717) is 49.1 Å². The van der Waals surface area contributed by atoms with E-state index in [1.54, 1.807) is 30.2 Å². The number of nitrogens with one attached hydrogen (secondary N) is 1. The van der Waals surface area contributed by atoms with Crippen molar-refractivity contribution in [2.24, 2.45) is 0 Å². The van der Waals surface area contributed by atoms with Crippen LogP contribution in [0.4, 0.5) is 5.69 Å². The highest BCUT2D eigenvalue weighted by atomic mass is 16.5. The molecule has 8 heteroatoms. The van der Waals surface area contributed by atoms with Crippen LogP contribution in [0.25, 0.3) is 10.9 Å². The topological polar surface area (TPSA) is 87.6 Å². The SMILES string of the molecule is COc1ccccc1N1CCN(C(=O)c2ccc3c(=O)n(CCc4ccccc4)c(=O)[nH]c3c2)CC1. The van der Waals surface area contributed by atoms with Crippen molar-refractivity contribution >= 4 is 22.5 Å². The summed E-state index contributed by atoms with van der Waals surface area (Å²) in [6.45, 7) is 2.77. The Labute approximate surface area is 208 Å². The summed E-state index contributed by atoms with van der Waals surface area (Å²) in [5.74, 6) is 0.691. The van der Waals surface area contributed by atoms with Crippen LogP contribution >= 0.6 is 0 Å². The maximum atomic E-state index is 13.2. The molecule has 1 aliphatic rings. The average molecular weight is 485 g/mol. The summed E-state index contributed by atoms with van der Waals surface area (Å²) in [4.78, 5) is 45.7. The lowest BCUT2D eigenvalue weighted by molar-refractivity contribution is 0.0747. The molecule has 0 spiro atoms. The van der Waals surface area contributed by atoms with Crippen LogP contribution in [0, 0.1) is 0 Å². The van der Waals surface area contributed by atoms with Crippen LogP contribution in [0.2, 0.25) is 0 Å². The number of methoxy groups -OCH3 is 1. The number of amides is 1. The molecular formula is C28H28N4O4. The summed E-state index contributed by atoms with van der Waals surface area (Å²) in [5, 5.41) is 0.389. The Morgan fingerprint density at radius 2 is 1.64 bits per heavy atom. The molecule has 0 bridgehead atoms. The van der Waals surface area contributed by atoms with Crippen LogP contribution in [0.1, 0.15) is 15.9 Å². The number of hydrogen-bond donors (Lipinski definition) is 1. The molecule has 2 heterocycles. The molecule has 0 unspecified atom stereocenters. The number of ether oxygens (including phenoxy) is 1. The van der Waals surface area contributed by atoms with Gasteiger partial charge in [0.2, 0.25) is 0 Å². The predicted octanol–water partition coefficient (Wildman–Crippen LogP) is 2.90. The summed E-state index contributed by atoms with van der Waals surface area (Å²) >= 11 is 0. The third kappa shape index (κ3) is 4.62. The van der Waals surface area contributed by atoms with Crippen LogP contribution in [-0.4, -0.2) is 53.6 Å². The molecule has 184 valence electrons. The van der Waals surface area contributed by atoms with Crippen LogP contribution in [0.5, 0.6) is 5.75 Å². The van der Waals surface area contributed by atoms with Crippen LogP contribution in [-0.2, 0) is 13.0 Å². The van der Waals surface area contributed by atoms with Crippen molar-refractivity contribution in [2.75, 3.05) is 38.2 Å². The Kier molecular flexibility index (Phi) is 6.58. The van der Waals surface area contributed by atoms with E-state index < -0.39 is 5.69 Å². The number of carbonyl (C=O) groups excluding carboxylic acids is 1. The highest BCUT2D eigenvalue weighted by Crippen LogP contribution is 2.28. The van der Waals surface area contributed by atoms with Crippen molar-refractivity contribution in [1.29, 1.82) is 0 Å². The van der Waals surface area contributed by atoms with Gasteiger partial charge in [-0.05, 0) is 42.3 Å². The summed E-state index contributed by atoms with van der Waals surface area (Å²) in [6, 6.07) is 22.5. The zero-order chi connectivity index (χ0) is 25.1. The first-order chi connectivity index (χ1) is 17.5. The summed E-state index contributed by atoms with van der Waals surface area (Å²) in [5.41, 5.74) is 2.06. The Hall–Kier alpha value is -4.33. The first kappa shape index (κ1) is 23.4. The van der Waals surface area contributed by atoms with Crippen LogP contribution < -0.4 is 20.9 Å². The fourth-order valence-electron chi connectivity index (χ4n) is 4.70. The second kappa shape index (κ2) is 10.1. The number of rotatable bonds is 6. The Morgan fingerprint density at radius 1 is 0.917 bits per heavy atom. The van der Waals surface area contributed by atoms with Gasteiger partial charge in [0.25, 0.3) is 11.5 Å². The molecule has 0 radical (unpaired) electrons. The molecule has 0 atom stereocenters. The van der Waals surface area contributed by atoms with Crippen molar-refractivity contribution in [1.82, 2.24) is 14.5 Å². The van der Waals surface area contributed by atoms with E-state index in [4.69, 9.17) is 4.74 Å². The van der Waals surface area contributed by atoms with Crippen molar-refractivity contribution in [3.05, 3.63) is 105 Å². The molecule has 5 rings (SSSR count). The van der Waals surface area contributed by atoms with Gasteiger partial charge in [-0.3, -0.25) is 14.2 Å². The number of para-hydroxylation sites is 2. The first-order valence-corrected chi connectivity index (χ1v) is 12.0. The largest absolute Gasteiger partial charge is 0.495 e. The number of aromatic amines is 1. The van der Waals surface area contributed by atoms with E-state index in [0.717, 1.165) is 17.0 Å². The lowest BCUT2D eigenvalue weighted by Crippen LogP contribution is -2.48. The molecule has 1 saturated heterocycles. The van der Waals surface area contributed by atoms with Crippen LogP contribution in [0.15, 0.2) is 82.4 Å². The van der Waals surface area contributed by atoms with Gasteiger partial charge in [0.1, 0.15) is 5.75 Å². The maximum absolute atomic E-state index is 13.2. The normalized spacial score (nSPS) is 13.7. The molecule has 8 nitrogen and oxygen atoms in total. The van der Waals surface area contributed by atoms with Gasteiger partial charge < -0.3 is 19.5 Å². The third-order valence-corrected chi connectivity index (χ3v) is 6.69. The smallest absolute Gasteiger partial charge is 0.328 e. The molecule has 1 aromatic heterocycles. The Balaban J connectivity index is 1.31. The maximum Gasteiger partial charge on any atom is 0.328 e. The molecule has 1 N–H and O–H groups in total. The van der Waals surface area contributed by atoms with Gasteiger partial charge >= 0.3 is 5.69 Å². The lowest BCUT2D eigenvalue weighted by Gasteiger charge is -2.36. The quantitative estimate of drug-likeness (QED) is 0.455. The first-order valence-electron chi connectivity index (χ1n) is 12.0. The average Bonchev–Trinajstić information content (AvgIpc) is 2.93. The summed E-state index contributed by atoms with van der Waals surface area (Å²) < 4.78 is 6.69. The number of H-pyrrole nitrogens is 1. The number of aryl methyl sites for hydroxylation is 1. The number of carbonyl (C=O) groups is 1. The number of benzene rings is 3. The van der Waals surface area contributed by atoms with Gasteiger partial charge in [0.15, 0.2) is 0 Å². The van der Waals surface area contributed by atoms with Crippen LogP contribution in [0.3, 0.4) is 0 Å². The summed E-state index contributed by atoms with van der Waals surface area (Å²) in [6.07, 6.45) is 0.576. The van der Waals surface area contributed by atoms with Crippen molar-refractivity contribution in [3.63, 3.8) is 0 Å². The highest BCUT2D eigenvalue weighted by molar-refractivity contribution is 5.97.